The summed E-state index contributed by atoms with van der Waals surface area (Å²) in [6.45, 7) is 1.64. The quantitative estimate of drug-likeness (QED) is 0.838. The van der Waals surface area contributed by atoms with Gasteiger partial charge in [0.05, 0.1) is 16.2 Å². The van der Waals surface area contributed by atoms with E-state index in [9.17, 15) is 13.7 Å². The van der Waals surface area contributed by atoms with Crippen molar-refractivity contribution < 1.29 is 8.42 Å². The summed E-state index contributed by atoms with van der Waals surface area (Å²) >= 11 is 5.92. The van der Waals surface area contributed by atoms with Crippen molar-refractivity contribution in [2.75, 3.05) is 24.2 Å². The molecule has 1 fully saturated rings. The van der Waals surface area contributed by atoms with Crippen LogP contribution in [0, 0.1) is 11.3 Å². The van der Waals surface area contributed by atoms with Gasteiger partial charge in [0.25, 0.3) is 0 Å². The van der Waals surface area contributed by atoms with E-state index in [0.717, 1.165) is 32.2 Å². The Hall–Kier alpha value is -2.10. The van der Waals surface area contributed by atoms with Crippen molar-refractivity contribution >= 4 is 27.3 Å². The molecule has 0 amide bonds. The van der Waals surface area contributed by atoms with Gasteiger partial charge in [-0.25, -0.2) is 13.4 Å². The Morgan fingerprint density at radius 1 is 1.21 bits per heavy atom. The molecule has 7 heteroatoms. The van der Waals surface area contributed by atoms with Gasteiger partial charge in [-0.2, -0.15) is 5.26 Å². The number of halogens is 1. The number of anilines is 1. The summed E-state index contributed by atoms with van der Waals surface area (Å²) in [4.78, 5) is 6.66. The minimum atomic E-state index is -3.53. The van der Waals surface area contributed by atoms with E-state index < -0.39 is 9.84 Å². The minimum absolute atomic E-state index is 0.0596. The Morgan fingerprint density at radius 2 is 1.83 bits per heavy atom. The molecule has 0 unspecified atom stereocenters. The smallest absolute Gasteiger partial charge is 0.177 e. The minimum Gasteiger partial charge on any atom is -0.356 e. The van der Waals surface area contributed by atoms with E-state index in [0.29, 0.717) is 22.1 Å². The Morgan fingerprint density at radius 3 is 2.38 bits per heavy atom. The summed E-state index contributed by atoms with van der Waals surface area (Å²) in [7, 11) is -3.53. The second-order valence-corrected chi connectivity index (χ2v) is 8.21. The van der Waals surface area contributed by atoms with Gasteiger partial charge in [0.1, 0.15) is 11.9 Å². The predicted octanol–water partition coefficient (Wildman–Crippen LogP) is 3.28. The van der Waals surface area contributed by atoms with Gasteiger partial charge in [-0.15, -0.1) is 0 Å². The maximum absolute atomic E-state index is 12.2. The Balaban J connectivity index is 2.26. The van der Waals surface area contributed by atoms with Crippen molar-refractivity contribution in [3.05, 3.63) is 40.9 Å². The lowest BCUT2D eigenvalue weighted by molar-refractivity contribution is 0.601. The summed E-state index contributed by atoms with van der Waals surface area (Å²) in [6.07, 6.45) is 3.20. The normalized spacial score (nSPS) is 14.6. The summed E-state index contributed by atoms with van der Waals surface area (Å²) in [5.41, 5.74) is 1.30. The Kier molecular flexibility index (Phi) is 4.48. The molecule has 1 aromatic heterocycles. The first-order valence-corrected chi connectivity index (χ1v) is 9.83. The number of aromatic nitrogens is 1. The van der Waals surface area contributed by atoms with E-state index in [2.05, 4.69) is 11.1 Å². The highest BCUT2D eigenvalue weighted by Crippen LogP contribution is 2.32. The number of benzene rings is 1. The van der Waals surface area contributed by atoms with Crippen LogP contribution in [0.3, 0.4) is 0 Å². The van der Waals surface area contributed by atoms with Crippen molar-refractivity contribution in [1.29, 1.82) is 5.26 Å². The molecular weight excluding hydrogens is 346 g/mol. The molecule has 124 valence electrons. The highest BCUT2D eigenvalue weighted by atomic mass is 35.5. The van der Waals surface area contributed by atoms with Crippen molar-refractivity contribution in [2.24, 2.45) is 0 Å². The molecule has 0 spiro atoms. The molecule has 0 aliphatic carbocycles. The molecule has 1 aliphatic heterocycles. The van der Waals surface area contributed by atoms with Gasteiger partial charge < -0.3 is 4.90 Å². The van der Waals surface area contributed by atoms with Crippen molar-refractivity contribution in [2.45, 2.75) is 17.7 Å². The van der Waals surface area contributed by atoms with Gasteiger partial charge in [-0.3, -0.25) is 0 Å². The summed E-state index contributed by atoms with van der Waals surface area (Å²) in [5.74, 6) is 0.548. The zero-order valence-corrected chi connectivity index (χ0v) is 14.7. The van der Waals surface area contributed by atoms with Gasteiger partial charge in [0.15, 0.2) is 9.84 Å². The van der Waals surface area contributed by atoms with Crippen molar-refractivity contribution in [3.8, 4) is 17.3 Å². The van der Waals surface area contributed by atoms with Crippen LogP contribution >= 0.6 is 11.6 Å². The summed E-state index contributed by atoms with van der Waals surface area (Å²) in [5, 5.41) is 10.0. The van der Waals surface area contributed by atoms with Crippen LogP contribution in [-0.4, -0.2) is 32.7 Å². The Labute approximate surface area is 146 Å². The monoisotopic (exact) mass is 361 g/mol. The first-order valence-electron chi connectivity index (χ1n) is 7.56. The molecular formula is C17H16ClN3O2S. The third kappa shape index (κ3) is 3.23. The fourth-order valence-corrected chi connectivity index (χ4v) is 3.81. The number of sulfone groups is 1. The van der Waals surface area contributed by atoms with Gasteiger partial charge in [0, 0.05) is 29.9 Å². The van der Waals surface area contributed by atoms with Crippen molar-refractivity contribution in [1.82, 2.24) is 4.98 Å². The molecule has 1 aromatic carbocycles. The van der Waals surface area contributed by atoms with E-state index in [-0.39, 0.29) is 10.5 Å². The van der Waals surface area contributed by atoms with Gasteiger partial charge >= 0.3 is 0 Å². The molecule has 24 heavy (non-hydrogen) atoms. The van der Waals surface area contributed by atoms with Crippen LogP contribution in [0.15, 0.2) is 35.2 Å². The van der Waals surface area contributed by atoms with Crippen LogP contribution in [0.2, 0.25) is 5.02 Å². The molecule has 0 bridgehead atoms. The van der Waals surface area contributed by atoms with E-state index in [1.165, 1.54) is 6.07 Å². The van der Waals surface area contributed by atoms with Crippen LogP contribution < -0.4 is 4.90 Å². The molecule has 2 heterocycles. The fraction of sp³-hybridized carbons (Fsp3) is 0.294. The second-order valence-electron chi connectivity index (χ2n) is 5.79. The number of rotatable bonds is 3. The third-order valence-corrected chi connectivity index (χ3v) is 5.37. The van der Waals surface area contributed by atoms with Crippen LogP contribution in [-0.2, 0) is 9.84 Å². The molecule has 0 N–H and O–H groups in total. The van der Waals surface area contributed by atoms with E-state index >= 15 is 0 Å². The van der Waals surface area contributed by atoms with Gasteiger partial charge in [0.2, 0.25) is 0 Å². The van der Waals surface area contributed by atoms with Crippen LogP contribution in [0.5, 0.6) is 0 Å². The first kappa shape index (κ1) is 16.7. The van der Waals surface area contributed by atoms with E-state index in [1.54, 1.807) is 24.3 Å². The molecule has 1 aliphatic rings. The van der Waals surface area contributed by atoms with Crippen LogP contribution in [0.1, 0.15) is 18.4 Å². The number of nitriles is 1. The molecule has 3 rings (SSSR count). The van der Waals surface area contributed by atoms with E-state index in [1.807, 2.05) is 4.90 Å². The second kappa shape index (κ2) is 6.42. The lowest BCUT2D eigenvalue weighted by atomic mass is 10.1. The van der Waals surface area contributed by atoms with Crippen molar-refractivity contribution in [3.63, 3.8) is 0 Å². The fourth-order valence-electron chi connectivity index (χ4n) is 2.83. The van der Waals surface area contributed by atoms with Crippen LogP contribution in [0.4, 0.5) is 5.82 Å². The number of nitrogens with zero attached hydrogens (tertiary/aromatic N) is 3. The average molecular weight is 362 g/mol. The topological polar surface area (TPSA) is 74.1 Å². The maximum atomic E-state index is 12.2. The lowest BCUT2D eigenvalue weighted by Crippen LogP contribution is -2.21. The van der Waals surface area contributed by atoms with Gasteiger partial charge in [-0.05, 0) is 31.0 Å². The number of hydrogen-bond donors (Lipinski definition) is 0. The molecule has 0 saturated carbocycles. The Bertz CT molecular complexity index is 912. The third-order valence-electron chi connectivity index (χ3n) is 4.01. The molecule has 5 nitrogen and oxygen atoms in total. The zero-order valence-electron chi connectivity index (χ0n) is 13.2. The molecule has 0 radical (unpaired) electrons. The predicted molar refractivity (Wildman–Crippen MR) is 94.0 cm³/mol. The zero-order chi connectivity index (χ0) is 17.3. The highest BCUT2D eigenvalue weighted by molar-refractivity contribution is 7.90. The first-order chi connectivity index (χ1) is 11.4. The van der Waals surface area contributed by atoms with Crippen LogP contribution in [0.25, 0.3) is 11.3 Å². The number of pyridine rings is 1. The molecule has 0 atom stereocenters. The summed E-state index contributed by atoms with van der Waals surface area (Å²) in [6, 6.07) is 10.4. The van der Waals surface area contributed by atoms with E-state index in [4.69, 9.17) is 11.6 Å². The largest absolute Gasteiger partial charge is 0.356 e. The highest BCUT2D eigenvalue weighted by Gasteiger charge is 2.24. The SMILES string of the molecule is CS(=O)(=O)c1cc(C#N)c(N2CCCC2)nc1-c1ccc(Cl)cc1. The lowest BCUT2D eigenvalue weighted by Gasteiger charge is -2.20. The molecule has 1 saturated heterocycles. The average Bonchev–Trinajstić information content (AvgIpc) is 3.08. The molecule has 2 aromatic rings. The number of hydrogen-bond acceptors (Lipinski definition) is 5. The standard InChI is InChI=1S/C17H16ClN3O2S/c1-24(22,23)15-10-13(11-19)17(21-8-2-3-9-21)20-16(15)12-4-6-14(18)7-5-12/h4-7,10H,2-3,8-9H2,1H3. The van der Waals surface area contributed by atoms with Gasteiger partial charge in [-0.1, -0.05) is 23.7 Å². The summed E-state index contributed by atoms with van der Waals surface area (Å²) < 4.78 is 24.4. The maximum Gasteiger partial charge on any atom is 0.177 e.